The molecule has 0 radical (unpaired) electrons. The van der Waals surface area contributed by atoms with Gasteiger partial charge in [0.2, 0.25) is 0 Å². The molecule has 6 N–H and O–H groups in total. The number of nitrogen functional groups attached to an aromatic ring is 2. The third kappa shape index (κ3) is 14.4. The zero-order valence-electron chi connectivity index (χ0n) is 35.4. The average Bonchev–Trinajstić information content (AvgIpc) is 3.22. The van der Waals surface area contributed by atoms with Crippen molar-refractivity contribution in [2.45, 2.75) is 106 Å². The summed E-state index contributed by atoms with van der Waals surface area (Å²) in [4.78, 5) is 24.6. The number of nitrogens with zero attached hydrogens (tertiary/aromatic N) is 2. The van der Waals surface area contributed by atoms with Crippen LogP contribution in [-0.4, -0.2) is 60.0 Å². The van der Waals surface area contributed by atoms with Gasteiger partial charge in [0.1, 0.15) is 13.1 Å². The molecule has 56 heavy (non-hydrogen) atoms. The molecule has 0 unspecified atom stereocenters. The van der Waals surface area contributed by atoms with Crippen molar-refractivity contribution in [2.75, 3.05) is 61.4 Å². The van der Waals surface area contributed by atoms with Crippen LogP contribution in [0.3, 0.4) is 0 Å². The van der Waals surface area contributed by atoms with Crippen molar-refractivity contribution in [3.63, 3.8) is 0 Å². The number of piperidine rings is 2. The Bertz CT molecular complexity index is 1550. The summed E-state index contributed by atoms with van der Waals surface area (Å²) in [6, 6.07) is 30.6. The summed E-state index contributed by atoms with van der Waals surface area (Å²) in [5, 5.41) is 5.92. The molecule has 2 amide bonds. The topological polar surface area (TPSA) is 110 Å². The summed E-state index contributed by atoms with van der Waals surface area (Å²) in [6.07, 6.45) is 10.6. The Kier molecular flexibility index (Phi) is 19.7. The summed E-state index contributed by atoms with van der Waals surface area (Å²) in [7, 11) is 0. The van der Waals surface area contributed by atoms with Gasteiger partial charge in [-0.3, -0.25) is 9.59 Å². The third-order valence-electron chi connectivity index (χ3n) is 10.7. The molecule has 2 saturated heterocycles. The van der Waals surface area contributed by atoms with Crippen molar-refractivity contribution in [2.24, 2.45) is 0 Å². The molecule has 8 heteroatoms. The van der Waals surface area contributed by atoms with E-state index in [1.165, 1.54) is 111 Å². The maximum Gasteiger partial charge on any atom is 0.255 e. The smallest absolute Gasteiger partial charge is 0.255 e. The molecule has 2 fully saturated rings. The van der Waals surface area contributed by atoms with Crippen molar-refractivity contribution < 1.29 is 18.6 Å². The number of benzene rings is 4. The Balaban J connectivity index is 0.000000276. The highest BCUT2D eigenvalue weighted by Gasteiger charge is 2.30. The summed E-state index contributed by atoms with van der Waals surface area (Å²) in [5.74, 6) is -0.216. The number of quaternary nitrogens is 2. The van der Waals surface area contributed by atoms with Crippen molar-refractivity contribution in [3.8, 4) is 0 Å². The number of carbonyl (C=O) groups excluding carboxylic acids is 2. The number of hydrogen-bond acceptors (Lipinski definition) is 4. The zero-order chi connectivity index (χ0) is 40.8. The fourth-order valence-electron chi connectivity index (χ4n) is 8.07. The molecule has 0 aliphatic carbocycles. The lowest BCUT2D eigenvalue weighted by molar-refractivity contribution is -0.945. The minimum Gasteiger partial charge on any atom is -0.399 e. The molecule has 0 saturated carbocycles. The van der Waals surface area contributed by atoms with Gasteiger partial charge in [-0.05, 0) is 124 Å². The first kappa shape index (κ1) is 45.7. The first-order chi connectivity index (χ1) is 27.2. The van der Waals surface area contributed by atoms with Gasteiger partial charge in [-0.25, -0.2) is 0 Å². The number of rotatable bonds is 12. The number of nitrogens with one attached hydrogen (secondary N) is 2. The maximum atomic E-state index is 12.3. The second-order valence-electron chi connectivity index (χ2n) is 15.0. The van der Waals surface area contributed by atoms with Crippen molar-refractivity contribution in [1.82, 2.24) is 0 Å². The second-order valence-corrected chi connectivity index (χ2v) is 15.0. The van der Waals surface area contributed by atoms with Crippen molar-refractivity contribution in [3.05, 3.63) is 119 Å². The fourth-order valence-corrected chi connectivity index (χ4v) is 8.07. The van der Waals surface area contributed by atoms with Gasteiger partial charge in [0.25, 0.3) is 11.8 Å². The van der Waals surface area contributed by atoms with E-state index in [2.05, 4.69) is 48.7 Å². The Labute approximate surface area is 338 Å². The van der Waals surface area contributed by atoms with E-state index >= 15 is 0 Å². The molecular formula is C48H72N6O2+2. The SMILES string of the molecule is CC.CC.CCC[N+]1(Cc2ccc(NC(=O)c3ccc(N)cc3)cc2)CCCCC1.CCC[N+]1(Cc2ccc(NC(=O)c3ccc(N)cc3)cc2)CCCCC1. The highest BCUT2D eigenvalue weighted by molar-refractivity contribution is 6.05. The number of likely N-dealkylation sites (tertiary alicyclic amines) is 2. The number of nitrogens with two attached hydrogens (primary N) is 2. The van der Waals surface area contributed by atoms with Crippen LogP contribution >= 0.6 is 0 Å². The Hall–Kier alpha value is -4.66. The Morgan fingerprint density at radius 3 is 1.07 bits per heavy atom. The molecule has 0 bridgehead atoms. The van der Waals surface area contributed by atoms with Gasteiger partial charge in [-0.2, -0.15) is 0 Å². The van der Waals surface area contributed by atoms with E-state index in [9.17, 15) is 9.59 Å². The van der Waals surface area contributed by atoms with Gasteiger partial charge >= 0.3 is 0 Å². The largest absolute Gasteiger partial charge is 0.399 e. The van der Waals surface area contributed by atoms with Crippen LogP contribution in [0.15, 0.2) is 97.1 Å². The molecule has 0 spiro atoms. The van der Waals surface area contributed by atoms with Crippen LogP contribution in [0.4, 0.5) is 22.7 Å². The number of anilines is 4. The summed E-state index contributed by atoms with van der Waals surface area (Å²) < 4.78 is 2.43. The van der Waals surface area contributed by atoms with Crippen LogP contribution in [0.2, 0.25) is 0 Å². The first-order valence-corrected chi connectivity index (χ1v) is 21.4. The van der Waals surface area contributed by atoms with E-state index in [0.29, 0.717) is 22.5 Å². The predicted molar refractivity (Wildman–Crippen MR) is 239 cm³/mol. The van der Waals surface area contributed by atoms with Crippen LogP contribution in [-0.2, 0) is 13.1 Å². The van der Waals surface area contributed by atoms with Gasteiger partial charge in [0, 0.05) is 45.0 Å². The van der Waals surface area contributed by atoms with E-state index in [0.717, 1.165) is 24.5 Å². The zero-order valence-corrected chi connectivity index (χ0v) is 35.4. The molecule has 8 nitrogen and oxygen atoms in total. The van der Waals surface area contributed by atoms with E-state index in [1.54, 1.807) is 48.5 Å². The lowest BCUT2D eigenvalue weighted by Gasteiger charge is -2.41. The molecular weight excluding hydrogens is 693 g/mol. The third-order valence-corrected chi connectivity index (χ3v) is 10.7. The predicted octanol–water partition coefficient (Wildman–Crippen LogP) is 10.9. The number of amides is 2. The van der Waals surface area contributed by atoms with E-state index in [4.69, 9.17) is 11.5 Å². The van der Waals surface area contributed by atoms with Crippen LogP contribution in [0, 0.1) is 0 Å². The van der Waals surface area contributed by atoms with Gasteiger partial charge in [0.15, 0.2) is 0 Å². The molecule has 6 rings (SSSR count). The van der Waals surface area contributed by atoms with E-state index in [1.807, 2.05) is 52.0 Å². The molecule has 2 aliphatic rings. The number of carbonyl (C=O) groups is 2. The van der Waals surface area contributed by atoms with Gasteiger partial charge in [-0.15, -0.1) is 0 Å². The van der Waals surface area contributed by atoms with Crippen LogP contribution in [0.5, 0.6) is 0 Å². The lowest BCUT2D eigenvalue weighted by atomic mass is 10.0. The molecule has 2 aliphatic heterocycles. The molecule has 304 valence electrons. The summed E-state index contributed by atoms with van der Waals surface area (Å²) >= 11 is 0. The van der Waals surface area contributed by atoms with E-state index < -0.39 is 0 Å². The number of hydrogen-bond donors (Lipinski definition) is 4. The summed E-state index contributed by atoms with van der Waals surface area (Å²) in [6.45, 7) is 22.5. The quantitative estimate of drug-likeness (QED) is 0.0850. The second kappa shape index (κ2) is 24.1. The van der Waals surface area contributed by atoms with Crippen molar-refractivity contribution in [1.29, 1.82) is 0 Å². The summed E-state index contributed by atoms with van der Waals surface area (Å²) in [5.41, 5.74) is 18.3. The monoisotopic (exact) mass is 765 g/mol. The van der Waals surface area contributed by atoms with Gasteiger partial charge < -0.3 is 31.1 Å². The van der Waals surface area contributed by atoms with Gasteiger partial charge in [-0.1, -0.05) is 65.8 Å². The Morgan fingerprint density at radius 1 is 0.482 bits per heavy atom. The fraction of sp³-hybridized carbons (Fsp3) is 0.458. The molecule has 0 atom stereocenters. The average molecular weight is 765 g/mol. The van der Waals surface area contributed by atoms with Crippen molar-refractivity contribution >= 4 is 34.6 Å². The van der Waals surface area contributed by atoms with Crippen LogP contribution in [0.1, 0.15) is 125 Å². The minimum absolute atomic E-state index is 0.108. The Morgan fingerprint density at radius 2 is 0.786 bits per heavy atom. The first-order valence-electron chi connectivity index (χ1n) is 21.4. The molecule has 2 heterocycles. The highest BCUT2D eigenvalue weighted by atomic mass is 16.2. The highest BCUT2D eigenvalue weighted by Crippen LogP contribution is 2.26. The lowest BCUT2D eigenvalue weighted by Crippen LogP contribution is -2.51. The molecule has 4 aromatic rings. The molecule has 0 aromatic heterocycles. The van der Waals surface area contributed by atoms with Gasteiger partial charge in [0.05, 0.1) is 39.3 Å². The van der Waals surface area contributed by atoms with Crippen LogP contribution in [0.25, 0.3) is 0 Å². The normalized spacial score (nSPS) is 15.2. The standard InChI is InChI=1S/2C22H29N3O.2C2H6/c2*1-2-14-25(15-4-3-5-16-25)17-18-6-12-21(13-7-18)24-22(26)19-8-10-20(23)11-9-19;2*1-2/h2*6-13H,2-5,14-17H2,1H3,(H2-,23,24,26);2*1-2H3/p+2. The maximum absolute atomic E-state index is 12.3. The molecule has 4 aromatic carbocycles. The van der Waals surface area contributed by atoms with Crippen LogP contribution < -0.4 is 22.1 Å². The van der Waals surface area contributed by atoms with E-state index in [-0.39, 0.29) is 11.8 Å². The minimum atomic E-state index is -0.108.